The Hall–Kier alpha value is -3.06. The van der Waals surface area contributed by atoms with Crippen LogP contribution in [0.3, 0.4) is 0 Å². The van der Waals surface area contributed by atoms with Gasteiger partial charge in [-0.3, -0.25) is 10.1 Å². The number of carbonyl (C=O) groups is 1. The third-order valence-electron chi connectivity index (χ3n) is 4.16. The molecule has 1 amide bonds. The molecule has 0 aliphatic carbocycles. The topological polar surface area (TPSA) is 69.7 Å². The van der Waals surface area contributed by atoms with E-state index in [0.717, 1.165) is 22.6 Å². The van der Waals surface area contributed by atoms with E-state index in [0.29, 0.717) is 35.4 Å². The fourth-order valence-electron chi connectivity index (χ4n) is 2.83. The summed E-state index contributed by atoms with van der Waals surface area (Å²) in [4.78, 5) is 17.1. The molecule has 138 valence electrons. The Labute approximate surface area is 160 Å². The van der Waals surface area contributed by atoms with Gasteiger partial charge in [0.15, 0.2) is 16.6 Å². The standard InChI is InChI=1S/C20H18N2O4S/c1-12-3-5-16(24-2)14(9-12)15-11-27-20(21-15)22-19(23)13-4-6-17-18(10-13)26-8-7-25-17/h3-6,9-11H,7-8H2,1-2H3,(H,21,22,23). The normalized spacial score (nSPS) is 12.5. The molecule has 0 saturated heterocycles. The number of methoxy groups -OCH3 is 1. The Morgan fingerprint density at radius 1 is 1.15 bits per heavy atom. The van der Waals surface area contributed by atoms with Gasteiger partial charge in [-0.2, -0.15) is 0 Å². The number of nitrogens with zero attached hydrogens (tertiary/aromatic N) is 1. The van der Waals surface area contributed by atoms with Gasteiger partial charge in [-0.15, -0.1) is 11.3 Å². The summed E-state index contributed by atoms with van der Waals surface area (Å²) in [5.74, 6) is 1.73. The summed E-state index contributed by atoms with van der Waals surface area (Å²) in [5, 5.41) is 5.26. The maximum Gasteiger partial charge on any atom is 0.257 e. The quantitative estimate of drug-likeness (QED) is 0.734. The van der Waals surface area contributed by atoms with Gasteiger partial charge in [-0.25, -0.2) is 4.98 Å². The summed E-state index contributed by atoms with van der Waals surface area (Å²) in [6, 6.07) is 11.0. The van der Waals surface area contributed by atoms with Gasteiger partial charge in [0, 0.05) is 16.5 Å². The molecule has 0 saturated carbocycles. The number of fused-ring (bicyclic) bond motifs is 1. The number of benzene rings is 2. The molecule has 0 radical (unpaired) electrons. The fourth-order valence-corrected chi connectivity index (χ4v) is 3.54. The van der Waals surface area contributed by atoms with Crippen LogP contribution in [0.2, 0.25) is 0 Å². The zero-order chi connectivity index (χ0) is 18.8. The third kappa shape index (κ3) is 3.59. The molecule has 6 nitrogen and oxygen atoms in total. The molecule has 1 aliphatic rings. The molecule has 0 bridgehead atoms. The van der Waals surface area contributed by atoms with Crippen LogP contribution in [-0.4, -0.2) is 31.2 Å². The van der Waals surface area contributed by atoms with E-state index in [2.05, 4.69) is 10.3 Å². The van der Waals surface area contributed by atoms with Crippen LogP contribution in [0.25, 0.3) is 11.3 Å². The molecule has 27 heavy (non-hydrogen) atoms. The summed E-state index contributed by atoms with van der Waals surface area (Å²) in [6.07, 6.45) is 0. The first-order valence-electron chi connectivity index (χ1n) is 8.45. The highest BCUT2D eigenvalue weighted by molar-refractivity contribution is 7.14. The lowest BCUT2D eigenvalue weighted by molar-refractivity contribution is 0.102. The van der Waals surface area contributed by atoms with Gasteiger partial charge in [0.2, 0.25) is 0 Å². The zero-order valence-electron chi connectivity index (χ0n) is 14.9. The van der Waals surface area contributed by atoms with Crippen molar-refractivity contribution in [3.05, 3.63) is 52.9 Å². The summed E-state index contributed by atoms with van der Waals surface area (Å²) in [6.45, 7) is 3.01. The maximum atomic E-state index is 12.6. The van der Waals surface area contributed by atoms with Gasteiger partial charge in [-0.05, 0) is 37.3 Å². The number of hydrogen-bond donors (Lipinski definition) is 1. The first-order chi connectivity index (χ1) is 13.1. The van der Waals surface area contributed by atoms with Crippen LogP contribution in [0.4, 0.5) is 5.13 Å². The van der Waals surface area contributed by atoms with Crippen molar-refractivity contribution in [2.45, 2.75) is 6.92 Å². The summed E-state index contributed by atoms with van der Waals surface area (Å²) in [7, 11) is 1.63. The molecular formula is C20H18N2O4S. The zero-order valence-corrected chi connectivity index (χ0v) is 15.8. The number of hydrogen-bond acceptors (Lipinski definition) is 6. The Bertz CT molecular complexity index is 999. The SMILES string of the molecule is COc1ccc(C)cc1-c1csc(NC(=O)c2ccc3c(c2)OCCO3)n1. The average molecular weight is 382 g/mol. The van der Waals surface area contributed by atoms with E-state index < -0.39 is 0 Å². The van der Waals surface area contributed by atoms with Crippen LogP contribution in [0.5, 0.6) is 17.2 Å². The molecule has 0 atom stereocenters. The monoisotopic (exact) mass is 382 g/mol. The van der Waals surface area contributed by atoms with Crippen molar-refractivity contribution < 1.29 is 19.0 Å². The molecule has 2 aromatic carbocycles. The van der Waals surface area contributed by atoms with E-state index in [1.807, 2.05) is 30.5 Å². The van der Waals surface area contributed by atoms with Gasteiger partial charge in [-0.1, -0.05) is 11.6 Å². The number of amides is 1. The minimum atomic E-state index is -0.246. The Balaban J connectivity index is 1.54. The molecule has 1 aromatic heterocycles. The van der Waals surface area contributed by atoms with Crippen molar-refractivity contribution in [1.82, 2.24) is 4.98 Å². The summed E-state index contributed by atoms with van der Waals surface area (Å²) < 4.78 is 16.4. The molecular weight excluding hydrogens is 364 g/mol. The molecule has 0 spiro atoms. The van der Waals surface area contributed by atoms with Crippen molar-refractivity contribution in [2.24, 2.45) is 0 Å². The molecule has 0 unspecified atom stereocenters. The van der Waals surface area contributed by atoms with Crippen LogP contribution in [0.15, 0.2) is 41.8 Å². The number of nitrogens with one attached hydrogen (secondary N) is 1. The number of aryl methyl sites for hydroxylation is 1. The van der Waals surface area contributed by atoms with Crippen molar-refractivity contribution in [2.75, 3.05) is 25.6 Å². The largest absolute Gasteiger partial charge is 0.496 e. The number of rotatable bonds is 4. The predicted octanol–water partition coefficient (Wildman–Crippen LogP) is 4.15. The van der Waals surface area contributed by atoms with Crippen LogP contribution in [-0.2, 0) is 0 Å². The lowest BCUT2D eigenvalue weighted by atomic mass is 10.1. The lowest BCUT2D eigenvalue weighted by Crippen LogP contribution is -2.17. The third-order valence-corrected chi connectivity index (χ3v) is 4.92. The minimum absolute atomic E-state index is 0.246. The van der Waals surface area contributed by atoms with Crippen LogP contribution < -0.4 is 19.5 Å². The van der Waals surface area contributed by atoms with Crippen molar-refractivity contribution in [3.63, 3.8) is 0 Å². The van der Waals surface area contributed by atoms with E-state index in [1.165, 1.54) is 11.3 Å². The summed E-state index contributed by atoms with van der Waals surface area (Å²) >= 11 is 1.37. The van der Waals surface area contributed by atoms with E-state index in [4.69, 9.17) is 14.2 Å². The second-order valence-electron chi connectivity index (χ2n) is 6.05. The molecule has 1 aliphatic heterocycles. The van der Waals surface area contributed by atoms with Gasteiger partial charge in [0.25, 0.3) is 5.91 Å². The van der Waals surface area contributed by atoms with Crippen LogP contribution >= 0.6 is 11.3 Å². The summed E-state index contributed by atoms with van der Waals surface area (Å²) in [5.41, 5.74) is 3.26. The molecule has 3 aromatic rings. The first-order valence-corrected chi connectivity index (χ1v) is 9.33. The highest BCUT2D eigenvalue weighted by Crippen LogP contribution is 2.34. The number of ether oxygens (including phenoxy) is 3. The fraction of sp³-hybridized carbons (Fsp3) is 0.200. The number of aromatic nitrogens is 1. The molecule has 2 heterocycles. The van der Waals surface area contributed by atoms with E-state index in [-0.39, 0.29) is 5.91 Å². The maximum absolute atomic E-state index is 12.6. The van der Waals surface area contributed by atoms with Gasteiger partial charge < -0.3 is 14.2 Å². The second-order valence-corrected chi connectivity index (χ2v) is 6.91. The number of thiazole rings is 1. The van der Waals surface area contributed by atoms with Gasteiger partial charge in [0.1, 0.15) is 19.0 Å². The van der Waals surface area contributed by atoms with Crippen LogP contribution in [0.1, 0.15) is 15.9 Å². The Morgan fingerprint density at radius 3 is 2.78 bits per heavy atom. The second kappa shape index (κ2) is 7.28. The van der Waals surface area contributed by atoms with Gasteiger partial charge in [0.05, 0.1) is 12.8 Å². The lowest BCUT2D eigenvalue weighted by Gasteiger charge is -2.18. The Kier molecular flexibility index (Phi) is 4.68. The average Bonchev–Trinajstić information content (AvgIpc) is 3.16. The van der Waals surface area contributed by atoms with Crippen LogP contribution in [0, 0.1) is 6.92 Å². The van der Waals surface area contributed by atoms with Crippen molar-refractivity contribution in [1.29, 1.82) is 0 Å². The van der Waals surface area contributed by atoms with E-state index in [9.17, 15) is 4.79 Å². The smallest absolute Gasteiger partial charge is 0.257 e. The minimum Gasteiger partial charge on any atom is -0.496 e. The molecule has 1 N–H and O–H groups in total. The molecule has 4 rings (SSSR count). The molecule has 0 fully saturated rings. The van der Waals surface area contributed by atoms with E-state index in [1.54, 1.807) is 25.3 Å². The molecule has 7 heteroatoms. The number of anilines is 1. The first kappa shape index (κ1) is 17.4. The van der Waals surface area contributed by atoms with Gasteiger partial charge >= 0.3 is 0 Å². The number of carbonyl (C=O) groups excluding carboxylic acids is 1. The highest BCUT2D eigenvalue weighted by atomic mass is 32.1. The van der Waals surface area contributed by atoms with E-state index >= 15 is 0 Å². The van der Waals surface area contributed by atoms with Crippen molar-refractivity contribution >= 4 is 22.4 Å². The Morgan fingerprint density at radius 2 is 1.96 bits per heavy atom. The van der Waals surface area contributed by atoms with Crippen molar-refractivity contribution in [3.8, 4) is 28.5 Å². The highest BCUT2D eigenvalue weighted by Gasteiger charge is 2.17. The predicted molar refractivity (Wildman–Crippen MR) is 104 cm³/mol.